The number of methoxy groups -OCH3 is 1. The van der Waals surface area contributed by atoms with Crippen LogP contribution < -0.4 is 5.32 Å². The molecule has 2 rings (SSSR count). The normalized spacial score (nSPS) is 18.4. The minimum atomic E-state index is 0.0978. The van der Waals surface area contributed by atoms with Crippen molar-refractivity contribution in [2.75, 3.05) is 13.7 Å². The molecule has 0 amide bonds. The highest BCUT2D eigenvalue weighted by Crippen LogP contribution is 2.34. The van der Waals surface area contributed by atoms with Crippen LogP contribution >= 0.6 is 0 Å². The minimum absolute atomic E-state index is 0.0978. The Morgan fingerprint density at radius 2 is 2.29 bits per heavy atom. The van der Waals surface area contributed by atoms with Gasteiger partial charge in [-0.25, -0.2) is 0 Å². The lowest BCUT2D eigenvalue weighted by Gasteiger charge is -2.40. The number of aromatic nitrogens is 2. The van der Waals surface area contributed by atoms with Crippen LogP contribution in [0.4, 0.5) is 0 Å². The van der Waals surface area contributed by atoms with Crippen LogP contribution in [0, 0.1) is 0 Å². The molecule has 1 heterocycles. The van der Waals surface area contributed by atoms with E-state index < -0.39 is 0 Å². The Morgan fingerprint density at radius 1 is 1.53 bits per heavy atom. The molecular formula is C13H23N3O. The van der Waals surface area contributed by atoms with Crippen molar-refractivity contribution in [1.82, 2.24) is 15.1 Å². The van der Waals surface area contributed by atoms with Crippen molar-refractivity contribution in [3.05, 3.63) is 18.0 Å². The maximum atomic E-state index is 5.57. The maximum absolute atomic E-state index is 5.57. The van der Waals surface area contributed by atoms with Crippen LogP contribution in [0.3, 0.4) is 0 Å². The predicted octanol–water partition coefficient (Wildman–Crippen LogP) is 2.12. The van der Waals surface area contributed by atoms with Crippen molar-refractivity contribution in [3.63, 3.8) is 0 Å². The quantitative estimate of drug-likeness (QED) is 0.823. The van der Waals surface area contributed by atoms with Gasteiger partial charge < -0.3 is 10.1 Å². The van der Waals surface area contributed by atoms with Gasteiger partial charge >= 0.3 is 0 Å². The summed E-state index contributed by atoms with van der Waals surface area (Å²) >= 11 is 0. The van der Waals surface area contributed by atoms with E-state index in [0.717, 1.165) is 18.8 Å². The van der Waals surface area contributed by atoms with E-state index in [1.165, 1.54) is 19.3 Å². The summed E-state index contributed by atoms with van der Waals surface area (Å²) in [5, 5.41) is 7.96. The first-order chi connectivity index (χ1) is 8.15. The van der Waals surface area contributed by atoms with Gasteiger partial charge in [0.05, 0.1) is 11.3 Å². The third kappa shape index (κ3) is 2.87. The van der Waals surface area contributed by atoms with Crippen LogP contribution in [0.25, 0.3) is 0 Å². The van der Waals surface area contributed by atoms with Gasteiger partial charge in [-0.15, -0.1) is 0 Å². The zero-order chi connectivity index (χ0) is 12.3. The van der Waals surface area contributed by atoms with Gasteiger partial charge in [-0.1, -0.05) is 0 Å². The van der Waals surface area contributed by atoms with Gasteiger partial charge in [-0.2, -0.15) is 5.10 Å². The Labute approximate surface area is 103 Å². The molecular weight excluding hydrogens is 214 g/mol. The third-order valence-corrected chi connectivity index (χ3v) is 3.64. The van der Waals surface area contributed by atoms with Gasteiger partial charge in [0, 0.05) is 32.4 Å². The van der Waals surface area contributed by atoms with E-state index >= 15 is 0 Å². The highest BCUT2D eigenvalue weighted by molar-refractivity contribution is 5.00. The summed E-state index contributed by atoms with van der Waals surface area (Å²) < 4.78 is 7.56. The Hall–Kier alpha value is -0.870. The number of nitrogens with one attached hydrogen (secondary N) is 1. The Bertz CT molecular complexity index is 350. The van der Waals surface area contributed by atoms with Gasteiger partial charge in [0.2, 0.25) is 0 Å². The molecule has 17 heavy (non-hydrogen) atoms. The average molecular weight is 237 g/mol. The number of ether oxygens (including phenoxy) is 1. The second-order valence-corrected chi connectivity index (χ2v) is 5.23. The topological polar surface area (TPSA) is 39.1 Å². The monoisotopic (exact) mass is 237 g/mol. The van der Waals surface area contributed by atoms with Gasteiger partial charge in [0.15, 0.2) is 0 Å². The number of hydrogen-bond acceptors (Lipinski definition) is 3. The van der Waals surface area contributed by atoms with Crippen molar-refractivity contribution < 1.29 is 4.74 Å². The van der Waals surface area contributed by atoms with Gasteiger partial charge in [-0.05, 0) is 39.2 Å². The van der Waals surface area contributed by atoms with Crippen molar-refractivity contribution in [1.29, 1.82) is 0 Å². The molecule has 1 aromatic heterocycles. The van der Waals surface area contributed by atoms with Gasteiger partial charge in [0.1, 0.15) is 0 Å². The number of rotatable bonds is 6. The molecule has 0 unspecified atom stereocenters. The molecule has 1 aliphatic rings. The molecule has 0 bridgehead atoms. The van der Waals surface area contributed by atoms with Gasteiger partial charge in [-0.3, -0.25) is 4.68 Å². The first-order valence-corrected chi connectivity index (χ1v) is 6.45. The molecule has 0 saturated heterocycles. The van der Waals surface area contributed by atoms with Crippen LogP contribution in [0.15, 0.2) is 12.3 Å². The molecule has 96 valence electrons. The average Bonchev–Trinajstić information content (AvgIpc) is 2.71. The van der Waals surface area contributed by atoms with Crippen molar-refractivity contribution in [2.24, 2.45) is 0 Å². The molecule has 0 spiro atoms. The third-order valence-electron chi connectivity index (χ3n) is 3.64. The maximum Gasteiger partial charge on any atom is 0.0802 e. The molecule has 1 N–H and O–H groups in total. The van der Waals surface area contributed by atoms with E-state index in [0.29, 0.717) is 6.04 Å². The molecule has 1 aromatic rings. The van der Waals surface area contributed by atoms with E-state index in [1.807, 2.05) is 18.0 Å². The van der Waals surface area contributed by atoms with E-state index in [9.17, 15) is 0 Å². The van der Waals surface area contributed by atoms with Crippen LogP contribution in [-0.2, 0) is 11.3 Å². The number of nitrogens with zero attached hydrogens (tertiary/aromatic N) is 2. The summed E-state index contributed by atoms with van der Waals surface area (Å²) in [7, 11) is 1.81. The lowest BCUT2D eigenvalue weighted by atomic mass is 9.80. The highest BCUT2D eigenvalue weighted by Gasteiger charge is 2.36. The summed E-state index contributed by atoms with van der Waals surface area (Å²) in [6, 6.07) is 2.51. The molecule has 1 saturated carbocycles. The fourth-order valence-corrected chi connectivity index (χ4v) is 2.20. The first-order valence-electron chi connectivity index (χ1n) is 6.45. The first kappa shape index (κ1) is 12.6. The predicted molar refractivity (Wildman–Crippen MR) is 67.9 cm³/mol. The molecule has 4 nitrogen and oxygen atoms in total. The van der Waals surface area contributed by atoms with E-state index in [1.54, 1.807) is 0 Å². The smallest absolute Gasteiger partial charge is 0.0802 e. The fourth-order valence-electron chi connectivity index (χ4n) is 2.20. The minimum Gasteiger partial charge on any atom is -0.377 e. The number of hydrogen-bond donors (Lipinski definition) is 1. The van der Waals surface area contributed by atoms with Crippen LogP contribution in [0.2, 0.25) is 0 Å². The summed E-state index contributed by atoms with van der Waals surface area (Å²) in [5.41, 5.74) is 1.20. The largest absolute Gasteiger partial charge is 0.377 e. The van der Waals surface area contributed by atoms with Crippen LogP contribution in [0.1, 0.15) is 44.8 Å². The second kappa shape index (κ2) is 5.19. The Balaban J connectivity index is 1.77. The molecule has 0 aromatic carbocycles. The molecule has 1 fully saturated rings. The lowest BCUT2D eigenvalue weighted by Crippen LogP contribution is -2.47. The zero-order valence-corrected chi connectivity index (χ0v) is 11.1. The van der Waals surface area contributed by atoms with E-state index in [-0.39, 0.29) is 5.60 Å². The van der Waals surface area contributed by atoms with Crippen molar-refractivity contribution >= 4 is 0 Å². The van der Waals surface area contributed by atoms with Crippen molar-refractivity contribution in [2.45, 2.75) is 51.3 Å². The van der Waals surface area contributed by atoms with Crippen LogP contribution in [-0.4, -0.2) is 29.0 Å². The van der Waals surface area contributed by atoms with Gasteiger partial charge in [0.25, 0.3) is 0 Å². The van der Waals surface area contributed by atoms with Crippen LogP contribution in [0.5, 0.6) is 0 Å². The fraction of sp³-hybridized carbons (Fsp3) is 0.769. The lowest BCUT2D eigenvalue weighted by molar-refractivity contribution is -0.0695. The summed E-state index contributed by atoms with van der Waals surface area (Å²) in [6.07, 6.45) is 5.68. The Morgan fingerprint density at radius 3 is 2.76 bits per heavy atom. The molecule has 0 atom stereocenters. The van der Waals surface area contributed by atoms with Crippen molar-refractivity contribution in [3.8, 4) is 0 Å². The molecule has 4 heteroatoms. The molecule has 0 radical (unpaired) electrons. The second-order valence-electron chi connectivity index (χ2n) is 5.23. The zero-order valence-electron chi connectivity index (χ0n) is 11.1. The SMILES string of the molecule is COC1(CNCc2ccn(C(C)C)n2)CCC1. The Kier molecular flexibility index (Phi) is 3.84. The van der Waals surface area contributed by atoms with E-state index in [2.05, 4.69) is 30.3 Å². The summed E-state index contributed by atoms with van der Waals surface area (Å²) in [6.45, 7) is 6.03. The molecule has 1 aliphatic carbocycles. The summed E-state index contributed by atoms with van der Waals surface area (Å²) in [4.78, 5) is 0. The summed E-state index contributed by atoms with van der Waals surface area (Å²) in [5.74, 6) is 0. The standard InChI is InChI=1S/C13H23N3O/c1-11(2)16-8-5-12(15-16)9-14-10-13(17-3)6-4-7-13/h5,8,11,14H,4,6-7,9-10H2,1-3H3. The highest BCUT2D eigenvalue weighted by atomic mass is 16.5. The van der Waals surface area contributed by atoms with E-state index in [4.69, 9.17) is 4.74 Å². The molecule has 0 aliphatic heterocycles.